The van der Waals surface area contributed by atoms with Crippen LogP contribution in [0.3, 0.4) is 0 Å². The molecule has 1 atom stereocenters. The molecule has 0 saturated heterocycles. The Kier molecular flexibility index (Phi) is 5.94. The predicted molar refractivity (Wildman–Crippen MR) is 135 cm³/mol. The van der Waals surface area contributed by atoms with Crippen molar-refractivity contribution in [3.63, 3.8) is 0 Å². The van der Waals surface area contributed by atoms with E-state index in [0.29, 0.717) is 11.7 Å². The first kappa shape index (κ1) is 22.0. The maximum Gasteiger partial charge on any atom is 0.326 e. The minimum atomic E-state index is -0.415. The van der Waals surface area contributed by atoms with Gasteiger partial charge in [0.05, 0.1) is 17.3 Å². The summed E-state index contributed by atoms with van der Waals surface area (Å²) in [6.07, 6.45) is 2.03. The van der Waals surface area contributed by atoms with E-state index in [4.69, 9.17) is 9.51 Å². The maximum atomic E-state index is 13.3. The molecule has 1 N–H and O–H groups in total. The summed E-state index contributed by atoms with van der Waals surface area (Å²) in [7, 11) is 0. The lowest BCUT2D eigenvalue weighted by Gasteiger charge is -2.35. The fraction of sp³-hybridized carbons (Fsp3) is 0.148. The number of amides is 2. The zero-order valence-electron chi connectivity index (χ0n) is 19.1. The van der Waals surface area contributed by atoms with Crippen molar-refractivity contribution in [1.29, 1.82) is 0 Å². The molecule has 7 heteroatoms. The van der Waals surface area contributed by atoms with Crippen LogP contribution in [0.15, 0.2) is 94.0 Å². The van der Waals surface area contributed by atoms with E-state index >= 15 is 0 Å². The molecule has 0 radical (unpaired) electrons. The van der Waals surface area contributed by atoms with Crippen LogP contribution in [0.2, 0.25) is 0 Å². The van der Waals surface area contributed by atoms with Crippen LogP contribution < -0.4 is 10.2 Å². The van der Waals surface area contributed by atoms with Crippen molar-refractivity contribution < 1.29 is 9.32 Å². The van der Waals surface area contributed by atoms with E-state index in [1.807, 2.05) is 99.0 Å². The van der Waals surface area contributed by atoms with Gasteiger partial charge in [0, 0.05) is 16.2 Å². The Morgan fingerprint density at radius 2 is 1.65 bits per heavy atom. The topological polar surface area (TPSA) is 71.3 Å². The molecule has 3 aromatic carbocycles. The second-order valence-electron chi connectivity index (χ2n) is 8.11. The number of aryl methyl sites for hydroxylation is 1. The summed E-state index contributed by atoms with van der Waals surface area (Å²) in [6.45, 7) is 3.96. The van der Waals surface area contributed by atoms with Crippen molar-refractivity contribution >= 4 is 29.1 Å². The third-order valence-corrected chi connectivity index (χ3v) is 6.66. The molecule has 170 valence electrons. The highest BCUT2D eigenvalue weighted by atomic mass is 32.2. The van der Waals surface area contributed by atoms with E-state index < -0.39 is 6.04 Å². The third kappa shape index (κ3) is 4.10. The van der Waals surface area contributed by atoms with Crippen LogP contribution in [0.25, 0.3) is 17.0 Å². The van der Waals surface area contributed by atoms with Gasteiger partial charge in [-0.05, 0) is 49.9 Å². The fourth-order valence-corrected chi connectivity index (χ4v) is 4.52. The molecule has 1 aliphatic rings. The van der Waals surface area contributed by atoms with Crippen LogP contribution in [-0.2, 0) is 0 Å². The van der Waals surface area contributed by atoms with E-state index in [1.54, 1.807) is 16.7 Å². The Hall–Kier alpha value is -3.84. The van der Waals surface area contributed by atoms with Gasteiger partial charge < -0.3 is 9.84 Å². The molecular weight excluding hydrogens is 444 g/mol. The number of anilines is 1. The SMILES string of the molecule is CSc1ccc(N2C(=O)NC(c3ccccc3)C(c3nc(-c4ccc(C)cc4)no3)=C2C)cc1. The normalized spacial score (nSPS) is 16.0. The standard InChI is InChI=1S/C27H24N4O2S/c1-17-9-11-20(12-10-17)25-29-26(33-30-25)23-18(2)31(21-13-15-22(34-3)16-14-21)27(32)28-24(23)19-7-5-4-6-8-19/h4-16,24H,1-3H3,(H,28,32). The van der Waals surface area contributed by atoms with Crippen molar-refractivity contribution in [3.05, 3.63) is 102 Å². The lowest BCUT2D eigenvalue weighted by molar-refractivity contribution is 0.244. The number of carbonyl (C=O) groups excluding carboxylic acids is 1. The second kappa shape index (κ2) is 9.19. The molecule has 1 aliphatic heterocycles. The summed E-state index contributed by atoms with van der Waals surface area (Å²) >= 11 is 1.66. The average Bonchev–Trinajstić information content (AvgIpc) is 3.35. The number of nitrogens with one attached hydrogen (secondary N) is 1. The van der Waals surface area contributed by atoms with Gasteiger partial charge in [0.1, 0.15) is 0 Å². The Bertz CT molecular complexity index is 1350. The molecule has 0 aliphatic carbocycles. The average molecular weight is 469 g/mol. The van der Waals surface area contributed by atoms with Crippen LogP contribution in [0.1, 0.15) is 30.0 Å². The molecular formula is C27H24N4O2S. The fourth-order valence-electron chi connectivity index (χ4n) is 4.11. The molecule has 34 heavy (non-hydrogen) atoms. The van der Waals surface area contributed by atoms with E-state index in [0.717, 1.165) is 38.5 Å². The molecule has 5 rings (SSSR count). The highest BCUT2D eigenvalue weighted by molar-refractivity contribution is 7.98. The zero-order valence-corrected chi connectivity index (χ0v) is 20.0. The largest absolute Gasteiger partial charge is 0.334 e. The number of carbonyl (C=O) groups is 1. The van der Waals surface area contributed by atoms with Gasteiger partial charge >= 0.3 is 6.03 Å². The van der Waals surface area contributed by atoms with Crippen molar-refractivity contribution in [3.8, 4) is 11.4 Å². The minimum Gasteiger partial charge on any atom is -0.334 e. The maximum absolute atomic E-state index is 13.3. The summed E-state index contributed by atoms with van der Waals surface area (Å²) in [4.78, 5) is 20.8. The molecule has 2 amide bonds. The quantitative estimate of drug-likeness (QED) is 0.340. The number of nitrogens with zero attached hydrogens (tertiary/aromatic N) is 3. The highest BCUT2D eigenvalue weighted by Crippen LogP contribution is 2.39. The van der Waals surface area contributed by atoms with Crippen molar-refractivity contribution in [2.75, 3.05) is 11.2 Å². The Morgan fingerprint density at radius 1 is 0.941 bits per heavy atom. The Balaban J connectivity index is 1.63. The number of urea groups is 1. The molecule has 6 nitrogen and oxygen atoms in total. The summed E-state index contributed by atoms with van der Waals surface area (Å²) in [5.74, 6) is 0.891. The first-order chi connectivity index (χ1) is 16.5. The minimum absolute atomic E-state index is 0.203. The van der Waals surface area contributed by atoms with Gasteiger partial charge in [-0.3, -0.25) is 4.90 Å². The summed E-state index contributed by atoms with van der Waals surface area (Å²) in [6, 6.07) is 25.1. The van der Waals surface area contributed by atoms with Crippen LogP contribution in [0.5, 0.6) is 0 Å². The Labute approximate surface area is 202 Å². The van der Waals surface area contributed by atoms with Crippen molar-refractivity contribution in [1.82, 2.24) is 15.5 Å². The Morgan fingerprint density at radius 3 is 2.32 bits per heavy atom. The number of allylic oxidation sites excluding steroid dienone is 1. The van der Waals surface area contributed by atoms with Gasteiger partial charge in [-0.25, -0.2) is 4.79 Å². The molecule has 0 fully saturated rings. The van der Waals surface area contributed by atoms with E-state index in [9.17, 15) is 4.79 Å². The molecule has 1 unspecified atom stereocenters. The molecule has 0 spiro atoms. The molecule has 0 saturated carbocycles. The van der Waals surface area contributed by atoms with Gasteiger partial charge in [-0.15, -0.1) is 11.8 Å². The van der Waals surface area contributed by atoms with Crippen molar-refractivity contribution in [2.24, 2.45) is 0 Å². The second-order valence-corrected chi connectivity index (χ2v) is 8.99. The zero-order chi connectivity index (χ0) is 23.7. The highest BCUT2D eigenvalue weighted by Gasteiger charge is 2.36. The van der Waals surface area contributed by atoms with Crippen LogP contribution in [-0.4, -0.2) is 22.4 Å². The number of rotatable bonds is 5. The third-order valence-electron chi connectivity index (χ3n) is 5.91. The van der Waals surface area contributed by atoms with Crippen LogP contribution >= 0.6 is 11.8 Å². The first-order valence-electron chi connectivity index (χ1n) is 11.0. The smallest absolute Gasteiger partial charge is 0.326 e. The van der Waals surface area contributed by atoms with Crippen molar-refractivity contribution in [2.45, 2.75) is 24.8 Å². The van der Waals surface area contributed by atoms with E-state index in [2.05, 4.69) is 10.5 Å². The van der Waals surface area contributed by atoms with E-state index in [-0.39, 0.29) is 6.03 Å². The number of benzene rings is 3. The summed E-state index contributed by atoms with van der Waals surface area (Å²) in [5.41, 5.74) is 5.26. The summed E-state index contributed by atoms with van der Waals surface area (Å²) in [5, 5.41) is 7.38. The van der Waals surface area contributed by atoms with Gasteiger partial charge in [0.2, 0.25) is 5.82 Å². The molecule has 2 heterocycles. The number of aromatic nitrogens is 2. The van der Waals surface area contributed by atoms with Crippen LogP contribution in [0, 0.1) is 6.92 Å². The number of hydrogen-bond donors (Lipinski definition) is 1. The van der Waals surface area contributed by atoms with E-state index in [1.165, 1.54) is 0 Å². The van der Waals surface area contributed by atoms with Gasteiger partial charge in [-0.1, -0.05) is 65.3 Å². The lowest BCUT2D eigenvalue weighted by atomic mass is 9.94. The number of thioether (sulfide) groups is 1. The molecule has 1 aromatic heterocycles. The summed E-state index contributed by atoms with van der Waals surface area (Å²) < 4.78 is 5.77. The lowest BCUT2D eigenvalue weighted by Crippen LogP contribution is -2.46. The van der Waals surface area contributed by atoms with Gasteiger partial charge in [0.25, 0.3) is 5.89 Å². The van der Waals surface area contributed by atoms with Crippen LogP contribution in [0.4, 0.5) is 10.5 Å². The molecule has 4 aromatic rings. The first-order valence-corrected chi connectivity index (χ1v) is 12.2. The predicted octanol–water partition coefficient (Wildman–Crippen LogP) is 6.47. The van der Waals surface area contributed by atoms with Gasteiger partial charge in [-0.2, -0.15) is 4.98 Å². The monoisotopic (exact) mass is 468 g/mol. The molecule has 0 bridgehead atoms. The van der Waals surface area contributed by atoms with Gasteiger partial charge in [0.15, 0.2) is 0 Å². The number of hydrogen-bond acceptors (Lipinski definition) is 5.